The zero-order valence-electron chi connectivity index (χ0n) is 19.4. The van der Waals surface area contributed by atoms with Crippen LogP contribution in [0.3, 0.4) is 0 Å². The maximum absolute atomic E-state index is 10.8. The first-order valence-electron chi connectivity index (χ1n) is 9.60. The molecule has 29 heavy (non-hydrogen) atoms. The minimum atomic E-state index is -0.352. The van der Waals surface area contributed by atoms with E-state index in [-0.39, 0.29) is 12.0 Å². The number of hydrogen-bond acceptors (Lipinski definition) is 6. The van der Waals surface area contributed by atoms with Gasteiger partial charge in [0.2, 0.25) is 5.96 Å². The van der Waals surface area contributed by atoms with Gasteiger partial charge < -0.3 is 19.7 Å². The standard InChI is InChI=1S/C13H20N4.C6H13NO3.C2H6/c1-11(10-12-8-6-5-7-9-12)15-16-13(14-2)17(3)4;1-7-5(4-9-2)6(8)10-3;1-2/h5-9H,10H2,1-4H3,(H,14,16);5,7H,4H2,1-3H3;1-2H3. The number of carbonyl (C=O) groups excluding carboxylic acids is 1. The summed E-state index contributed by atoms with van der Waals surface area (Å²) in [6.07, 6.45) is 0.845. The van der Waals surface area contributed by atoms with Gasteiger partial charge in [-0.15, -0.1) is 0 Å². The fourth-order valence-corrected chi connectivity index (χ4v) is 2.00. The second-order valence-corrected chi connectivity index (χ2v) is 5.88. The SMILES string of the molecule is CC.CN=C(NN=C(C)Cc1ccccc1)N(C)C.CNC(COC)C(=O)OC. The topological polar surface area (TPSA) is 87.5 Å². The molecule has 1 aromatic carbocycles. The zero-order valence-corrected chi connectivity index (χ0v) is 19.4. The summed E-state index contributed by atoms with van der Waals surface area (Å²) in [4.78, 5) is 16.7. The number of nitrogens with one attached hydrogen (secondary N) is 2. The third kappa shape index (κ3) is 14.2. The molecular weight excluding hydrogens is 370 g/mol. The van der Waals surface area contributed by atoms with E-state index < -0.39 is 0 Å². The fraction of sp³-hybridized carbons (Fsp3) is 0.571. The average Bonchev–Trinajstić information content (AvgIpc) is 2.74. The van der Waals surface area contributed by atoms with Gasteiger partial charge in [-0.25, -0.2) is 5.43 Å². The number of esters is 1. The summed E-state index contributed by atoms with van der Waals surface area (Å²) in [5, 5.41) is 7.06. The molecule has 0 fully saturated rings. The molecule has 0 radical (unpaired) electrons. The number of benzene rings is 1. The van der Waals surface area contributed by atoms with Crippen LogP contribution in [-0.2, 0) is 20.7 Å². The Kier molecular flexibility index (Phi) is 18.7. The highest BCUT2D eigenvalue weighted by atomic mass is 16.5. The lowest BCUT2D eigenvalue weighted by atomic mass is 10.1. The molecule has 0 bridgehead atoms. The van der Waals surface area contributed by atoms with E-state index in [2.05, 4.69) is 37.7 Å². The van der Waals surface area contributed by atoms with Crippen molar-refractivity contribution in [3.63, 3.8) is 0 Å². The van der Waals surface area contributed by atoms with Gasteiger partial charge in [0.15, 0.2) is 0 Å². The van der Waals surface area contributed by atoms with E-state index in [0.717, 1.165) is 18.1 Å². The molecule has 8 heteroatoms. The number of methoxy groups -OCH3 is 2. The smallest absolute Gasteiger partial charge is 0.325 e. The van der Waals surface area contributed by atoms with Crippen molar-refractivity contribution in [2.24, 2.45) is 10.1 Å². The average molecular weight is 410 g/mol. The first-order valence-corrected chi connectivity index (χ1v) is 9.60. The summed E-state index contributed by atoms with van der Waals surface area (Å²) < 4.78 is 9.23. The molecule has 0 aromatic heterocycles. The third-order valence-corrected chi connectivity index (χ3v) is 3.45. The molecule has 1 rings (SSSR count). The lowest BCUT2D eigenvalue weighted by Crippen LogP contribution is -2.38. The van der Waals surface area contributed by atoms with E-state index in [1.54, 1.807) is 14.1 Å². The molecule has 0 aliphatic carbocycles. The number of rotatable bonds is 7. The van der Waals surface area contributed by atoms with Crippen LogP contribution in [0.4, 0.5) is 0 Å². The van der Waals surface area contributed by atoms with Gasteiger partial charge in [-0.05, 0) is 19.5 Å². The van der Waals surface area contributed by atoms with Crippen LogP contribution in [0.25, 0.3) is 0 Å². The van der Waals surface area contributed by atoms with E-state index in [0.29, 0.717) is 6.61 Å². The summed E-state index contributed by atoms with van der Waals surface area (Å²) in [5.41, 5.74) is 5.24. The molecule has 1 unspecified atom stereocenters. The first-order chi connectivity index (χ1) is 13.9. The molecule has 0 aliphatic heterocycles. The molecule has 1 aromatic rings. The predicted octanol–water partition coefficient (Wildman–Crippen LogP) is 2.16. The summed E-state index contributed by atoms with van der Waals surface area (Å²) >= 11 is 0. The van der Waals surface area contributed by atoms with Crippen LogP contribution in [0.15, 0.2) is 40.4 Å². The Hall–Kier alpha value is -2.45. The number of carbonyl (C=O) groups is 1. The van der Waals surface area contributed by atoms with Crippen molar-refractivity contribution >= 4 is 17.6 Å². The molecule has 0 saturated heterocycles. The predicted molar refractivity (Wildman–Crippen MR) is 122 cm³/mol. The largest absolute Gasteiger partial charge is 0.468 e. The fourth-order valence-electron chi connectivity index (χ4n) is 2.00. The highest BCUT2D eigenvalue weighted by Gasteiger charge is 2.15. The van der Waals surface area contributed by atoms with E-state index >= 15 is 0 Å². The van der Waals surface area contributed by atoms with Crippen LogP contribution in [-0.4, -0.2) is 77.6 Å². The van der Waals surface area contributed by atoms with Crippen molar-refractivity contribution in [3.8, 4) is 0 Å². The zero-order chi connectivity index (χ0) is 22.7. The van der Waals surface area contributed by atoms with E-state index in [4.69, 9.17) is 4.74 Å². The molecule has 1 atom stereocenters. The van der Waals surface area contributed by atoms with Gasteiger partial charge in [-0.1, -0.05) is 44.2 Å². The number of nitrogens with zero attached hydrogens (tertiary/aromatic N) is 3. The minimum Gasteiger partial charge on any atom is -0.468 e. The van der Waals surface area contributed by atoms with Crippen molar-refractivity contribution in [1.82, 2.24) is 15.6 Å². The summed E-state index contributed by atoms with van der Waals surface area (Å²) in [6, 6.07) is 9.93. The minimum absolute atomic E-state index is 0.302. The van der Waals surface area contributed by atoms with Crippen molar-refractivity contribution in [2.75, 3.05) is 49.0 Å². The molecule has 0 saturated carbocycles. The highest BCUT2D eigenvalue weighted by molar-refractivity contribution is 5.86. The molecule has 0 heterocycles. The molecule has 8 nitrogen and oxygen atoms in total. The normalized spacial score (nSPS) is 11.9. The Labute approximate surface area is 176 Å². The van der Waals surface area contributed by atoms with E-state index in [1.165, 1.54) is 19.8 Å². The number of hydrazone groups is 1. The molecule has 166 valence electrons. The number of ether oxygens (including phenoxy) is 2. The van der Waals surface area contributed by atoms with Crippen molar-refractivity contribution in [2.45, 2.75) is 33.2 Å². The molecular formula is C21H39N5O3. The number of hydrogen-bond donors (Lipinski definition) is 2. The van der Waals surface area contributed by atoms with Crippen LogP contribution in [0.5, 0.6) is 0 Å². The second kappa shape index (κ2) is 18.9. The number of likely N-dealkylation sites (N-methyl/N-ethyl adjacent to an activating group) is 1. The van der Waals surface area contributed by atoms with Gasteiger partial charge in [0, 0.05) is 40.4 Å². The molecule has 0 amide bonds. The Bertz CT molecular complexity index is 589. The van der Waals surface area contributed by atoms with Gasteiger partial charge in [0.1, 0.15) is 6.04 Å². The van der Waals surface area contributed by atoms with Crippen LogP contribution >= 0.6 is 0 Å². The quantitative estimate of drug-likeness (QED) is 0.311. The van der Waals surface area contributed by atoms with Crippen LogP contribution < -0.4 is 10.7 Å². The molecule has 0 aliphatic rings. The van der Waals surface area contributed by atoms with Crippen molar-refractivity contribution < 1.29 is 14.3 Å². The Morgan fingerprint density at radius 2 is 1.76 bits per heavy atom. The Morgan fingerprint density at radius 3 is 2.17 bits per heavy atom. The van der Waals surface area contributed by atoms with Gasteiger partial charge in [0.05, 0.1) is 13.7 Å². The first kappa shape index (κ1) is 28.8. The maximum atomic E-state index is 10.8. The monoisotopic (exact) mass is 409 g/mol. The number of guanidine groups is 1. The van der Waals surface area contributed by atoms with Gasteiger partial charge in [0.25, 0.3) is 0 Å². The summed E-state index contributed by atoms with van der Waals surface area (Å²) in [5.74, 6) is 0.446. The van der Waals surface area contributed by atoms with Crippen LogP contribution in [0, 0.1) is 0 Å². The van der Waals surface area contributed by atoms with Crippen LogP contribution in [0.1, 0.15) is 26.3 Å². The van der Waals surface area contributed by atoms with Gasteiger partial charge in [-0.2, -0.15) is 5.10 Å². The third-order valence-electron chi connectivity index (χ3n) is 3.45. The lowest BCUT2D eigenvalue weighted by molar-refractivity contribution is -0.144. The van der Waals surface area contributed by atoms with E-state index in [9.17, 15) is 4.79 Å². The lowest BCUT2D eigenvalue weighted by Gasteiger charge is -2.14. The number of aliphatic imine (C=N–C) groups is 1. The second-order valence-electron chi connectivity index (χ2n) is 5.88. The summed E-state index contributed by atoms with van der Waals surface area (Å²) in [7, 11) is 10.2. The Morgan fingerprint density at radius 1 is 1.17 bits per heavy atom. The molecule has 2 N–H and O–H groups in total. The highest BCUT2D eigenvalue weighted by Crippen LogP contribution is 2.00. The molecule has 0 spiro atoms. The van der Waals surface area contributed by atoms with Gasteiger partial charge in [-0.3, -0.25) is 9.79 Å². The van der Waals surface area contributed by atoms with Gasteiger partial charge >= 0.3 is 5.97 Å². The van der Waals surface area contributed by atoms with Crippen molar-refractivity contribution in [1.29, 1.82) is 0 Å². The van der Waals surface area contributed by atoms with E-state index in [1.807, 2.05) is 58.0 Å². The Balaban J connectivity index is 0. The maximum Gasteiger partial charge on any atom is 0.325 e. The van der Waals surface area contributed by atoms with Crippen molar-refractivity contribution in [3.05, 3.63) is 35.9 Å². The van der Waals surface area contributed by atoms with Crippen LogP contribution in [0.2, 0.25) is 0 Å². The summed E-state index contributed by atoms with van der Waals surface area (Å²) in [6.45, 7) is 6.34.